The molecule has 0 aliphatic carbocycles. The second-order valence-corrected chi connectivity index (χ2v) is 5.86. The predicted molar refractivity (Wildman–Crippen MR) is 88.3 cm³/mol. The lowest BCUT2D eigenvalue weighted by Crippen LogP contribution is -2.05. The quantitative estimate of drug-likeness (QED) is 0.704. The van der Waals surface area contributed by atoms with Crippen LogP contribution in [-0.4, -0.2) is 11.6 Å². The monoisotopic (exact) mass is 309 g/mol. The topological polar surface area (TPSA) is 34.2 Å². The first-order valence-corrected chi connectivity index (χ1v) is 7.46. The molecule has 0 amide bonds. The fourth-order valence-corrected chi connectivity index (χ4v) is 2.87. The zero-order valence-corrected chi connectivity index (χ0v) is 12.8. The Morgan fingerprint density at radius 3 is 3.00 bits per heavy atom. The second-order valence-electron chi connectivity index (χ2n) is 5.86. The van der Waals surface area contributed by atoms with Gasteiger partial charge in [0.2, 0.25) is 0 Å². The Hall–Kier alpha value is -2.75. The van der Waals surface area contributed by atoms with Crippen molar-refractivity contribution in [1.82, 2.24) is 4.98 Å². The fourth-order valence-electron chi connectivity index (χ4n) is 2.87. The number of nitrogens with one attached hydrogen (secondary N) is 1. The normalized spacial score (nSPS) is 12.4. The molecule has 1 aliphatic rings. The first kappa shape index (κ1) is 13.9. The van der Waals surface area contributed by atoms with Gasteiger partial charge in [0, 0.05) is 28.1 Å². The summed E-state index contributed by atoms with van der Waals surface area (Å²) in [6, 6.07) is 10.5. The molecule has 3 nitrogen and oxygen atoms in total. The molecule has 1 aromatic heterocycles. The molecule has 116 valence electrons. The van der Waals surface area contributed by atoms with Gasteiger partial charge in [0.1, 0.15) is 30.5 Å². The number of H-pyrrole nitrogens is 1. The van der Waals surface area contributed by atoms with Crippen molar-refractivity contribution in [3.63, 3.8) is 0 Å². The molecule has 0 spiro atoms. The number of hydrogen-bond donors (Lipinski definition) is 1. The van der Waals surface area contributed by atoms with E-state index in [-0.39, 0.29) is 5.82 Å². The van der Waals surface area contributed by atoms with E-state index in [1.807, 2.05) is 25.1 Å². The highest BCUT2D eigenvalue weighted by Gasteiger charge is 2.22. The molecule has 0 saturated heterocycles. The molecular formula is C19H16FNO2. The van der Waals surface area contributed by atoms with E-state index in [9.17, 15) is 4.39 Å². The predicted octanol–water partition coefficient (Wildman–Crippen LogP) is 4.82. The molecule has 0 atom stereocenters. The van der Waals surface area contributed by atoms with Crippen LogP contribution in [0.4, 0.5) is 4.39 Å². The summed E-state index contributed by atoms with van der Waals surface area (Å²) in [5.41, 5.74) is 4.81. The van der Waals surface area contributed by atoms with E-state index >= 15 is 0 Å². The number of aromatic nitrogens is 1. The van der Waals surface area contributed by atoms with Crippen molar-refractivity contribution in [2.24, 2.45) is 0 Å². The highest BCUT2D eigenvalue weighted by molar-refractivity contribution is 5.92. The van der Waals surface area contributed by atoms with E-state index in [4.69, 9.17) is 9.47 Å². The highest BCUT2D eigenvalue weighted by Crippen LogP contribution is 2.42. The van der Waals surface area contributed by atoms with E-state index in [1.165, 1.54) is 6.07 Å². The third-order valence-corrected chi connectivity index (χ3v) is 3.95. The van der Waals surface area contributed by atoms with Gasteiger partial charge in [0.25, 0.3) is 0 Å². The maximum atomic E-state index is 13.5. The van der Waals surface area contributed by atoms with Crippen LogP contribution in [0.2, 0.25) is 0 Å². The van der Waals surface area contributed by atoms with Crippen molar-refractivity contribution >= 4 is 10.9 Å². The molecule has 0 fully saturated rings. The highest BCUT2D eigenvalue weighted by atomic mass is 19.1. The van der Waals surface area contributed by atoms with Gasteiger partial charge in [-0.2, -0.15) is 0 Å². The minimum absolute atomic E-state index is 0.242. The fraction of sp³-hybridized carbons (Fsp3) is 0.158. The van der Waals surface area contributed by atoms with Crippen LogP contribution in [0.25, 0.3) is 22.2 Å². The van der Waals surface area contributed by atoms with E-state index in [2.05, 4.69) is 11.6 Å². The zero-order valence-electron chi connectivity index (χ0n) is 12.8. The van der Waals surface area contributed by atoms with E-state index in [1.54, 1.807) is 12.1 Å². The van der Waals surface area contributed by atoms with E-state index in [0.717, 1.165) is 44.8 Å². The largest absolute Gasteiger partial charge is 0.489 e. The number of hydrogen-bond acceptors (Lipinski definition) is 2. The Bertz CT molecular complexity index is 927. The summed E-state index contributed by atoms with van der Waals surface area (Å²) >= 11 is 0. The van der Waals surface area contributed by atoms with Gasteiger partial charge in [0.15, 0.2) is 0 Å². The van der Waals surface area contributed by atoms with Gasteiger partial charge < -0.3 is 14.5 Å². The molecule has 0 saturated carbocycles. The van der Waals surface area contributed by atoms with Crippen molar-refractivity contribution in [3.8, 4) is 22.8 Å². The summed E-state index contributed by atoms with van der Waals surface area (Å²) in [5.74, 6) is 1.27. The van der Waals surface area contributed by atoms with Crippen molar-refractivity contribution in [2.75, 3.05) is 6.61 Å². The molecule has 0 radical (unpaired) electrons. The van der Waals surface area contributed by atoms with Crippen LogP contribution in [-0.2, 0) is 6.61 Å². The molecule has 4 heteroatoms. The van der Waals surface area contributed by atoms with Crippen LogP contribution in [0.1, 0.15) is 12.5 Å². The molecule has 1 aliphatic heterocycles. The number of ether oxygens (including phenoxy) is 2. The Labute approximate surface area is 133 Å². The Kier molecular flexibility index (Phi) is 3.11. The summed E-state index contributed by atoms with van der Waals surface area (Å²) in [6.07, 6.45) is 0. The number of halogens is 1. The molecule has 3 aromatic rings. The smallest absolute Gasteiger partial charge is 0.132 e. The summed E-state index contributed by atoms with van der Waals surface area (Å²) in [6.45, 7) is 6.64. The molecule has 0 bridgehead atoms. The molecule has 23 heavy (non-hydrogen) atoms. The summed E-state index contributed by atoms with van der Waals surface area (Å²) < 4.78 is 25.0. The maximum Gasteiger partial charge on any atom is 0.132 e. The molecule has 4 rings (SSSR count). The molecule has 1 N–H and O–H groups in total. The lowest BCUT2D eigenvalue weighted by molar-refractivity contribution is 0.298. The third kappa shape index (κ3) is 2.36. The van der Waals surface area contributed by atoms with Crippen molar-refractivity contribution in [1.29, 1.82) is 0 Å². The molecule has 2 aromatic carbocycles. The standard InChI is InChI=1S/C19H16FNO2/c1-11(2)9-22-13-4-5-14-18(8-13)23-10-16-15-7-12(20)3-6-17(15)21-19(14)16/h3-8,21H,1,9-10H2,2H3. The van der Waals surface area contributed by atoms with Crippen molar-refractivity contribution in [3.05, 3.63) is 59.9 Å². The first-order chi connectivity index (χ1) is 11.1. The molecule has 0 unspecified atom stereocenters. The van der Waals surface area contributed by atoms with Gasteiger partial charge >= 0.3 is 0 Å². The molecule has 2 heterocycles. The number of rotatable bonds is 3. The van der Waals surface area contributed by atoms with Gasteiger partial charge in [-0.1, -0.05) is 6.58 Å². The first-order valence-electron chi connectivity index (χ1n) is 7.46. The SMILES string of the molecule is C=C(C)COc1ccc2c(c1)OCc1c-2[nH]c2ccc(F)cc12. The summed E-state index contributed by atoms with van der Waals surface area (Å²) in [5, 5.41) is 0.869. The maximum absolute atomic E-state index is 13.5. The lowest BCUT2D eigenvalue weighted by atomic mass is 10.0. The minimum Gasteiger partial charge on any atom is -0.489 e. The molecular weight excluding hydrogens is 293 g/mol. The lowest BCUT2D eigenvalue weighted by Gasteiger charge is -2.19. The van der Waals surface area contributed by atoms with E-state index in [0.29, 0.717) is 13.2 Å². The van der Waals surface area contributed by atoms with Gasteiger partial charge in [0.05, 0.1) is 5.69 Å². The zero-order chi connectivity index (χ0) is 16.0. The van der Waals surface area contributed by atoms with Crippen LogP contribution in [0.3, 0.4) is 0 Å². The van der Waals surface area contributed by atoms with Crippen LogP contribution in [0, 0.1) is 5.82 Å². The van der Waals surface area contributed by atoms with Gasteiger partial charge in [-0.05, 0) is 42.8 Å². The Morgan fingerprint density at radius 1 is 1.30 bits per heavy atom. The third-order valence-electron chi connectivity index (χ3n) is 3.95. The average molecular weight is 309 g/mol. The number of fused-ring (bicyclic) bond motifs is 5. The van der Waals surface area contributed by atoms with Crippen LogP contribution >= 0.6 is 0 Å². The second kappa shape index (κ2) is 5.16. The average Bonchev–Trinajstić information content (AvgIpc) is 2.90. The van der Waals surface area contributed by atoms with Crippen molar-refractivity contribution in [2.45, 2.75) is 13.5 Å². The van der Waals surface area contributed by atoms with Crippen LogP contribution < -0.4 is 9.47 Å². The van der Waals surface area contributed by atoms with Crippen molar-refractivity contribution < 1.29 is 13.9 Å². The van der Waals surface area contributed by atoms with Gasteiger partial charge in [-0.3, -0.25) is 0 Å². The van der Waals surface area contributed by atoms with E-state index < -0.39 is 0 Å². The summed E-state index contributed by atoms with van der Waals surface area (Å²) in [7, 11) is 0. The summed E-state index contributed by atoms with van der Waals surface area (Å²) in [4.78, 5) is 3.37. The minimum atomic E-state index is -0.242. The van der Waals surface area contributed by atoms with Crippen LogP contribution in [0.15, 0.2) is 48.6 Å². The van der Waals surface area contributed by atoms with Gasteiger partial charge in [-0.15, -0.1) is 0 Å². The number of benzene rings is 2. The van der Waals surface area contributed by atoms with Crippen LogP contribution in [0.5, 0.6) is 11.5 Å². The van der Waals surface area contributed by atoms with Gasteiger partial charge in [-0.25, -0.2) is 4.39 Å². The Balaban J connectivity index is 1.78. The number of aromatic amines is 1. The Morgan fingerprint density at radius 2 is 2.17 bits per heavy atom.